The fourth-order valence-electron chi connectivity index (χ4n) is 4.21. The molecule has 1 aromatic rings. The lowest BCUT2D eigenvalue weighted by atomic mass is 9.98. The molecule has 6 heteroatoms. The molecule has 1 aromatic heterocycles. The highest BCUT2D eigenvalue weighted by Crippen LogP contribution is 2.28. The van der Waals surface area contributed by atoms with Crippen molar-refractivity contribution in [3.63, 3.8) is 0 Å². The van der Waals surface area contributed by atoms with Crippen LogP contribution in [0.4, 0.5) is 5.13 Å². The van der Waals surface area contributed by atoms with Crippen LogP contribution in [-0.4, -0.2) is 28.6 Å². The topological polar surface area (TPSA) is 88.2 Å². The Labute approximate surface area is 201 Å². The van der Waals surface area contributed by atoms with E-state index in [2.05, 4.69) is 24.1 Å². The third-order valence-electron chi connectivity index (χ3n) is 6.13. The number of nitrogens with one attached hydrogen (secondary N) is 1. The molecule has 5 nitrogen and oxygen atoms in total. The summed E-state index contributed by atoms with van der Waals surface area (Å²) in [7, 11) is 0. The van der Waals surface area contributed by atoms with Crippen LogP contribution >= 0.6 is 11.3 Å². The third kappa shape index (κ3) is 14.8. The summed E-state index contributed by atoms with van der Waals surface area (Å²) in [5.74, 6) is -0.655. The highest BCUT2D eigenvalue weighted by atomic mass is 32.1. The average molecular weight is 468 g/mol. The molecule has 1 heterocycles. The Hall–Kier alpha value is -1.14. The van der Waals surface area contributed by atoms with Gasteiger partial charge in [0.25, 0.3) is 0 Å². The maximum absolute atomic E-state index is 10.3. The van der Waals surface area contributed by atoms with Crippen LogP contribution in [0.3, 0.4) is 0 Å². The maximum atomic E-state index is 10.3. The van der Waals surface area contributed by atoms with Crippen molar-refractivity contribution in [3.05, 3.63) is 10.6 Å². The van der Waals surface area contributed by atoms with Crippen LogP contribution in [-0.2, 0) is 17.6 Å². The fraction of sp³-hybridized carbons (Fsp3) is 0.846. The number of rotatable bonds is 17. The van der Waals surface area contributed by atoms with Gasteiger partial charge in [-0.15, -0.1) is 11.3 Å². The lowest BCUT2D eigenvalue weighted by Crippen LogP contribution is -2.34. The summed E-state index contributed by atoms with van der Waals surface area (Å²) in [6.07, 6.45) is 21.9. The molecule has 2 rings (SSSR count). The number of carboxylic acid groups (broad SMARTS) is 1. The highest BCUT2D eigenvalue weighted by Gasteiger charge is 2.21. The van der Waals surface area contributed by atoms with Crippen molar-refractivity contribution in [2.45, 2.75) is 135 Å². The smallest absolute Gasteiger partial charge is 0.303 e. The van der Waals surface area contributed by atoms with E-state index in [1.54, 1.807) is 11.3 Å². The molecule has 1 atom stereocenters. The number of unbranched alkanes of at least 4 members (excludes halogenated alkanes) is 12. The number of hydrogen-bond acceptors (Lipinski definition) is 5. The number of fused-ring (bicyclic) bond motifs is 1. The molecule has 0 spiro atoms. The van der Waals surface area contributed by atoms with Gasteiger partial charge >= 0.3 is 5.97 Å². The standard InChI is InChI=1S/C16H32O2.C10H17N3S/c1-2-3-4-5-6-7-8-9-10-11-12-13-14-15-16(17)18;1-2-5-12-7-3-4-8-9(6-7)14-10(11)13-8/h2-15H2,1H3,(H,17,18);7,12H,2-6H2,1H3,(H2,11,13)/t;7-/m.0/s1. The zero-order chi connectivity index (χ0) is 23.4. The summed E-state index contributed by atoms with van der Waals surface area (Å²) < 4.78 is 0. The minimum absolute atomic E-state index is 0.345. The summed E-state index contributed by atoms with van der Waals surface area (Å²) >= 11 is 1.65. The molecule has 0 saturated carbocycles. The Morgan fingerprint density at radius 1 is 0.969 bits per heavy atom. The van der Waals surface area contributed by atoms with Gasteiger partial charge in [-0.3, -0.25) is 4.79 Å². The lowest BCUT2D eigenvalue weighted by molar-refractivity contribution is -0.137. The zero-order valence-corrected chi connectivity index (χ0v) is 21.6. The molecule has 0 saturated heterocycles. The van der Waals surface area contributed by atoms with E-state index < -0.39 is 5.97 Å². The minimum Gasteiger partial charge on any atom is -0.481 e. The first-order valence-corrected chi connectivity index (χ1v) is 14.1. The van der Waals surface area contributed by atoms with Crippen molar-refractivity contribution in [3.8, 4) is 0 Å². The second kappa shape index (κ2) is 19.3. The van der Waals surface area contributed by atoms with Gasteiger partial charge in [0.1, 0.15) is 0 Å². The molecule has 0 aromatic carbocycles. The largest absolute Gasteiger partial charge is 0.481 e. The van der Waals surface area contributed by atoms with E-state index in [0.717, 1.165) is 37.4 Å². The molecule has 0 radical (unpaired) electrons. The Balaban J connectivity index is 0.000000328. The van der Waals surface area contributed by atoms with E-state index in [0.29, 0.717) is 12.5 Å². The predicted octanol–water partition coefficient (Wildman–Crippen LogP) is 7.13. The molecule has 1 aliphatic carbocycles. The lowest BCUT2D eigenvalue weighted by Gasteiger charge is -2.21. The van der Waals surface area contributed by atoms with E-state index in [1.807, 2.05) is 0 Å². The summed E-state index contributed by atoms with van der Waals surface area (Å²) in [6.45, 7) is 5.58. The van der Waals surface area contributed by atoms with Crippen molar-refractivity contribution >= 4 is 22.4 Å². The molecular formula is C26H49N3O2S. The van der Waals surface area contributed by atoms with Crippen LogP contribution in [0.1, 0.15) is 127 Å². The Morgan fingerprint density at radius 3 is 2.06 bits per heavy atom. The number of hydrogen-bond donors (Lipinski definition) is 3. The van der Waals surface area contributed by atoms with Gasteiger partial charge in [0.05, 0.1) is 5.69 Å². The number of nitrogen functional groups attached to an aromatic ring is 1. The van der Waals surface area contributed by atoms with Crippen molar-refractivity contribution in [2.24, 2.45) is 0 Å². The number of carbonyl (C=O) groups is 1. The fourth-order valence-corrected chi connectivity index (χ4v) is 5.17. The quantitative estimate of drug-likeness (QED) is 0.212. The first-order valence-electron chi connectivity index (χ1n) is 13.3. The zero-order valence-electron chi connectivity index (χ0n) is 20.8. The highest BCUT2D eigenvalue weighted by molar-refractivity contribution is 7.15. The molecular weight excluding hydrogens is 418 g/mol. The Kier molecular flexibility index (Phi) is 17.5. The van der Waals surface area contributed by atoms with E-state index in [4.69, 9.17) is 10.8 Å². The van der Waals surface area contributed by atoms with Crippen molar-refractivity contribution < 1.29 is 9.90 Å². The predicted molar refractivity (Wildman–Crippen MR) is 139 cm³/mol. The number of thiazole rings is 1. The number of aliphatic carboxylic acids is 1. The minimum atomic E-state index is -0.655. The normalized spacial score (nSPS) is 15.1. The van der Waals surface area contributed by atoms with Crippen molar-refractivity contribution in [1.82, 2.24) is 10.3 Å². The monoisotopic (exact) mass is 467 g/mol. The second-order valence-corrected chi connectivity index (χ2v) is 10.3. The van der Waals surface area contributed by atoms with Gasteiger partial charge in [-0.2, -0.15) is 0 Å². The summed E-state index contributed by atoms with van der Waals surface area (Å²) in [6, 6.07) is 0.641. The van der Waals surface area contributed by atoms with Crippen LogP contribution in [0.5, 0.6) is 0 Å². The van der Waals surface area contributed by atoms with Crippen molar-refractivity contribution in [1.29, 1.82) is 0 Å². The first kappa shape index (κ1) is 28.9. The van der Waals surface area contributed by atoms with Gasteiger partial charge < -0.3 is 16.2 Å². The number of aromatic nitrogens is 1. The van der Waals surface area contributed by atoms with Crippen LogP contribution in [0, 0.1) is 0 Å². The molecule has 0 aliphatic heterocycles. The van der Waals surface area contributed by atoms with Crippen LogP contribution < -0.4 is 11.1 Å². The van der Waals surface area contributed by atoms with Gasteiger partial charge in [0, 0.05) is 17.3 Å². The Morgan fingerprint density at radius 2 is 1.53 bits per heavy atom. The summed E-state index contributed by atoms with van der Waals surface area (Å²) in [5.41, 5.74) is 6.93. The van der Waals surface area contributed by atoms with Gasteiger partial charge in [-0.25, -0.2) is 4.98 Å². The van der Waals surface area contributed by atoms with Crippen molar-refractivity contribution in [2.75, 3.05) is 12.3 Å². The van der Waals surface area contributed by atoms with Gasteiger partial charge in [-0.05, 0) is 38.6 Å². The second-order valence-electron chi connectivity index (χ2n) is 9.20. The Bertz CT molecular complexity index is 592. The van der Waals surface area contributed by atoms with E-state index in [-0.39, 0.29) is 0 Å². The van der Waals surface area contributed by atoms with Gasteiger partial charge in [-0.1, -0.05) is 90.9 Å². The molecule has 0 bridgehead atoms. The number of nitrogens with zero attached hydrogens (tertiary/aromatic N) is 1. The molecule has 186 valence electrons. The number of aryl methyl sites for hydroxylation is 1. The SMILES string of the molecule is CCCCCCCCCCCCCCCC(=O)O.CCCN[C@H]1CCc2nc(N)sc2C1. The number of anilines is 1. The first-order chi connectivity index (χ1) is 15.6. The average Bonchev–Trinajstić information content (AvgIpc) is 3.15. The number of carboxylic acids is 1. The summed E-state index contributed by atoms with van der Waals surface area (Å²) in [4.78, 5) is 16.0. The molecule has 32 heavy (non-hydrogen) atoms. The van der Waals surface area contributed by atoms with E-state index >= 15 is 0 Å². The molecule has 0 fully saturated rings. The van der Waals surface area contributed by atoms with Gasteiger partial charge in [0.2, 0.25) is 0 Å². The molecule has 1 aliphatic rings. The van der Waals surface area contributed by atoms with E-state index in [9.17, 15) is 4.79 Å². The third-order valence-corrected chi connectivity index (χ3v) is 7.08. The van der Waals surface area contributed by atoms with Crippen LogP contribution in [0.2, 0.25) is 0 Å². The summed E-state index contributed by atoms with van der Waals surface area (Å²) in [5, 5.41) is 12.8. The molecule has 0 amide bonds. The van der Waals surface area contributed by atoms with Gasteiger partial charge in [0.15, 0.2) is 5.13 Å². The van der Waals surface area contributed by atoms with Crippen LogP contribution in [0.25, 0.3) is 0 Å². The van der Waals surface area contributed by atoms with Crippen LogP contribution in [0.15, 0.2) is 0 Å². The molecule has 4 N–H and O–H groups in total. The molecule has 0 unspecified atom stereocenters. The van der Waals surface area contributed by atoms with E-state index in [1.165, 1.54) is 94.0 Å². The maximum Gasteiger partial charge on any atom is 0.303 e. The number of nitrogens with two attached hydrogens (primary N) is 1.